The molecule has 0 saturated carbocycles. The van der Waals surface area contributed by atoms with Crippen molar-refractivity contribution >= 4 is 57.3 Å². The van der Waals surface area contributed by atoms with Crippen molar-refractivity contribution in [2.45, 2.75) is 11.8 Å². The number of amides is 2. The Morgan fingerprint density at radius 2 is 1.82 bits per heavy atom. The first kappa shape index (κ1) is 20.0. The Kier molecular flexibility index (Phi) is 6.44. The highest BCUT2D eigenvalue weighted by atomic mass is 35.5. The maximum Gasteiger partial charge on any atom is 0.234 e. The summed E-state index contributed by atoms with van der Waals surface area (Å²) in [6, 6.07) is 16.7. The van der Waals surface area contributed by atoms with E-state index in [4.69, 9.17) is 16.3 Å². The number of nitrogens with one attached hydrogen (secondary N) is 2. The molecule has 2 N–H and O–H groups in total. The average Bonchev–Trinajstić information content (AvgIpc) is 2.66. The molecule has 3 rings (SSSR count). The van der Waals surface area contributed by atoms with E-state index in [1.807, 2.05) is 36.4 Å². The number of ether oxygens (including phenoxy) is 1. The van der Waals surface area contributed by atoms with E-state index in [0.29, 0.717) is 22.1 Å². The van der Waals surface area contributed by atoms with Crippen molar-refractivity contribution in [2.75, 3.05) is 23.5 Å². The summed E-state index contributed by atoms with van der Waals surface area (Å²) in [6.07, 6.45) is 0. The monoisotopic (exact) mass is 414 g/mol. The molecule has 3 aromatic rings. The molecule has 0 atom stereocenters. The molecule has 0 fully saturated rings. The molecule has 144 valence electrons. The van der Waals surface area contributed by atoms with E-state index in [2.05, 4.69) is 10.6 Å². The lowest BCUT2D eigenvalue weighted by atomic mass is 10.1. The molecule has 0 aliphatic heterocycles. The van der Waals surface area contributed by atoms with Crippen molar-refractivity contribution < 1.29 is 14.3 Å². The van der Waals surface area contributed by atoms with Gasteiger partial charge in [-0.15, -0.1) is 11.8 Å². The van der Waals surface area contributed by atoms with E-state index in [9.17, 15) is 9.59 Å². The van der Waals surface area contributed by atoms with Gasteiger partial charge in [-0.1, -0.05) is 35.9 Å². The number of hydrogen-bond donors (Lipinski definition) is 2. The highest BCUT2D eigenvalue weighted by Crippen LogP contribution is 2.33. The third-order valence-electron chi connectivity index (χ3n) is 3.97. The van der Waals surface area contributed by atoms with Gasteiger partial charge in [-0.05, 0) is 35.7 Å². The van der Waals surface area contributed by atoms with Crippen molar-refractivity contribution in [1.82, 2.24) is 0 Å². The third kappa shape index (κ3) is 4.77. The lowest BCUT2D eigenvalue weighted by Gasteiger charge is -2.12. The standard InChI is InChI=1S/C21H19ClN2O3S/c1-13(25)23-17-11-15(9-10-18(17)27-2)24-20(26)12-28-19-8-4-6-14-5-3-7-16(22)21(14)19/h3-11H,12H2,1-2H3,(H,23,25)(H,24,26). The molecular weight excluding hydrogens is 396 g/mol. The first-order valence-electron chi connectivity index (χ1n) is 8.53. The molecule has 0 radical (unpaired) electrons. The van der Waals surface area contributed by atoms with Gasteiger partial charge >= 0.3 is 0 Å². The predicted molar refractivity (Wildman–Crippen MR) is 116 cm³/mol. The zero-order valence-corrected chi connectivity index (χ0v) is 17.0. The molecule has 2 amide bonds. The Bertz CT molecular complexity index is 1030. The molecule has 0 saturated heterocycles. The van der Waals surface area contributed by atoms with Gasteiger partial charge in [0.2, 0.25) is 11.8 Å². The summed E-state index contributed by atoms with van der Waals surface area (Å²) >= 11 is 7.76. The van der Waals surface area contributed by atoms with Crippen LogP contribution in [0.1, 0.15) is 6.92 Å². The van der Waals surface area contributed by atoms with Gasteiger partial charge in [0.15, 0.2) is 0 Å². The van der Waals surface area contributed by atoms with Crippen LogP contribution in [0, 0.1) is 0 Å². The average molecular weight is 415 g/mol. The molecule has 0 aliphatic rings. The molecule has 3 aromatic carbocycles. The van der Waals surface area contributed by atoms with Gasteiger partial charge in [-0.3, -0.25) is 9.59 Å². The molecule has 7 heteroatoms. The second-order valence-electron chi connectivity index (χ2n) is 6.03. The second kappa shape index (κ2) is 8.99. The number of hydrogen-bond acceptors (Lipinski definition) is 4. The van der Waals surface area contributed by atoms with Crippen molar-refractivity contribution in [3.8, 4) is 5.75 Å². The van der Waals surface area contributed by atoms with E-state index >= 15 is 0 Å². The van der Waals surface area contributed by atoms with Crippen LogP contribution in [0.3, 0.4) is 0 Å². The topological polar surface area (TPSA) is 67.4 Å². The second-order valence-corrected chi connectivity index (χ2v) is 7.45. The minimum absolute atomic E-state index is 0.159. The number of fused-ring (bicyclic) bond motifs is 1. The predicted octanol–water partition coefficient (Wildman–Crippen LogP) is 5.19. The van der Waals surface area contributed by atoms with Crippen LogP contribution in [0.25, 0.3) is 10.8 Å². The molecule has 0 spiro atoms. The van der Waals surface area contributed by atoms with Gasteiger partial charge in [0.25, 0.3) is 0 Å². The smallest absolute Gasteiger partial charge is 0.234 e. The summed E-state index contributed by atoms with van der Waals surface area (Å²) in [4.78, 5) is 24.7. The van der Waals surface area contributed by atoms with Gasteiger partial charge in [0.1, 0.15) is 5.75 Å². The molecule has 0 bridgehead atoms. The van der Waals surface area contributed by atoms with Crippen LogP contribution in [-0.2, 0) is 9.59 Å². The molecule has 0 aliphatic carbocycles. The Morgan fingerprint density at radius 1 is 1.07 bits per heavy atom. The number of anilines is 2. The number of benzene rings is 3. The molecular formula is C21H19ClN2O3S. The Morgan fingerprint density at radius 3 is 2.54 bits per heavy atom. The van der Waals surface area contributed by atoms with Crippen LogP contribution in [0.4, 0.5) is 11.4 Å². The lowest BCUT2D eigenvalue weighted by molar-refractivity contribution is -0.114. The van der Waals surface area contributed by atoms with E-state index in [1.165, 1.54) is 25.8 Å². The molecule has 0 aromatic heterocycles. The van der Waals surface area contributed by atoms with Gasteiger partial charge in [-0.2, -0.15) is 0 Å². The van der Waals surface area contributed by atoms with Crippen molar-refractivity contribution in [1.29, 1.82) is 0 Å². The summed E-state index contributed by atoms with van der Waals surface area (Å²) in [5, 5.41) is 8.17. The zero-order chi connectivity index (χ0) is 20.1. The number of methoxy groups -OCH3 is 1. The SMILES string of the molecule is COc1ccc(NC(=O)CSc2cccc3cccc(Cl)c23)cc1NC(C)=O. The molecule has 28 heavy (non-hydrogen) atoms. The van der Waals surface area contributed by atoms with Crippen molar-refractivity contribution in [3.05, 3.63) is 59.6 Å². The number of rotatable bonds is 6. The van der Waals surface area contributed by atoms with Crippen LogP contribution in [0.15, 0.2) is 59.5 Å². The van der Waals surface area contributed by atoms with E-state index in [1.54, 1.807) is 18.2 Å². The van der Waals surface area contributed by atoms with E-state index in [-0.39, 0.29) is 17.6 Å². The summed E-state index contributed by atoms with van der Waals surface area (Å²) in [5.74, 6) is 0.373. The fraction of sp³-hybridized carbons (Fsp3) is 0.143. The van der Waals surface area contributed by atoms with Crippen LogP contribution >= 0.6 is 23.4 Å². The van der Waals surface area contributed by atoms with Crippen LogP contribution in [0.2, 0.25) is 5.02 Å². The summed E-state index contributed by atoms with van der Waals surface area (Å²) in [6.45, 7) is 1.41. The van der Waals surface area contributed by atoms with E-state index < -0.39 is 0 Å². The molecule has 0 heterocycles. The van der Waals surface area contributed by atoms with Crippen LogP contribution < -0.4 is 15.4 Å². The minimum atomic E-state index is -0.217. The van der Waals surface area contributed by atoms with Crippen molar-refractivity contribution in [3.63, 3.8) is 0 Å². The molecule has 0 unspecified atom stereocenters. The van der Waals surface area contributed by atoms with Gasteiger partial charge < -0.3 is 15.4 Å². The summed E-state index contributed by atoms with van der Waals surface area (Å²) < 4.78 is 5.22. The summed E-state index contributed by atoms with van der Waals surface area (Å²) in [7, 11) is 1.52. The number of carbonyl (C=O) groups excluding carboxylic acids is 2. The number of carbonyl (C=O) groups is 2. The Hall–Kier alpha value is -2.70. The highest BCUT2D eigenvalue weighted by molar-refractivity contribution is 8.00. The maximum atomic E-state index is 12.4. The normalized spacial score (nSPS) is 10.5. The first-order valence-corrected chi connectivity index (χ1v) is 9.90. The van der Waals surface area contributed by atoms with Gasteiger partial charge in [0.05, 0.1) is 18.6 Å². The van der Waals surface area contributed by atoms with Crippen molar-refractivity contribution in [2.24, 2.45) is 0 Å². The fourth-order valence-electron chi connectivity index (χ4n) is 2.80. The first-order chi connectivity index (χ1) is 13.5. The maximum absolute atomic E-state index is 12.4. The quantitative estimate of drug-likeness (QED) is 0.544. The Labute approximate surface area is 172 Å². The van der Waals surface area contributed by atoms with Crippen LogP contribution in [0.5, 0.6) is 5.75 Å². The highest BCUT2D eigenvalue weighted by Gasteiger charge is 2.11. The Balaban J connectivity index is 1.71. The van der Waals surface area contributed by atoms with E-state index in [0.717, 1.165) is 15.7 Å². The van der Waals surface area contributed by atoms with Gasteiger partial charge in [0, 0.05) is 27.9 Å². The fourth-order valence-corrected chi connectivity index (χ4v) is 4.04. The minimum Gasteiger partial charge on any atom is -0.495 e. The third-order valence-corrected chi connectivity index (χ3v) is 5.34. The zero-order valence-electron chi connectivity index (χ0n) is 15.4. The lowest BCUT2D eigenvalue weighted by Crippen LogP contribution is -2.14. The molecule has 5 nitrogen and oxygen atoms in total. The van der Waals surface area contributed by atoms with Crippen LogP contribution in [-0.4, -0.2) is 24.7 Å². The summed E-state index contributed by atoms with van der Waals surface area (Å²) in [5.41, 5.74) is 1.08. The number of halogens is 1. The number of thioether (sulfide) groups is 1. The van der Waals surface area contributed by atoms with Gasteiger partial charge in [-0.25, -0.2) is 0 Å². The largest absolute Gasteiger partial charge is 0.495 e.